The Labute approximate surface area is 145 Å². The molecule has 0 aliphatic heterocycles. The molecule has 0 saturated heterocycles. The van der Waals surface area contributed by atoms with Gasteiger partial charge in [0.05, 0.1) is 0 Å². The smallest absolute Gasteiger partial charge is 0.550 e. The van der Waals surface area contributed by atoms with Crippen LogP contribution in [-0.4, -0.2) is 30.8 Å². The zero-order valence-electron chi connectivity index (χ0n) is 11.1. The monoisotopic (exact) mass is 409 g/mol. The van der Waals surface area contributed by atoms with Crippen LogP contribution in [0, 0.1) is 0 Å². The minimum atomic E-state index is -0.993. The van der Waals surface area contributed by atoms with E-state index in [1.54, 1.807) is 0 Å². The van der Waals surface area contributed by atoms with Gasteiger partial charge in [-0.2, -0.15) is 0 Å². The number of aryl methyl sites for hydroxylation is 1. The molecule has 0 aliphatic carbocycles. The molecule has 0 amide bonds. The number of carboxylic acids is 1. The third-order valence-corrected chi connectivity index (χ3v) is 3.19. The van der Waals surface area contributed by atoms with E-state index in [0.717, 1.165) is 30.8 Å². The SMILES string of the molecule is O=C([O-])CCCc1ccc(N(CCCl)CCCl)cc1.[Ag+]. The molecule has 0 saturated carbocycles. The second-order valence-corrected chi connectivity index (χ2v) is 5.01. The van der Waals surface area contributed by atoms with E-state index in [-0.39, 0.29) is 28.8 Å². The fourth-order valence-electron chi connectivity index (χ4n) is 1.88. The summed E-state index contributed by atoms with van der Waals surface area (Å²) in [6.07, 6.45) is 1.46. The van der Waals surface area contributed by atoms with Gasteiger partial charge in [0.1, 0.15) is 0 Å². The van der Waals surface area contributed by atoms with Crippen LogP contribution in [0.1, 0.15) is 18.4 Å². The Morgan fingerprint density at radius 1 is 1.10 bits per heavy atom. The minimum Gasteiger partial charge on any atom is -0.550 e. The number of carbonyl (C=O) groups excluding carboxylic acids is 1. The van der Waals surface area contributed by atoms with Gasteiger partial charge in [0.15, 0.2) is 0 Å². The molecule has 0 aromatic heterocycles. The van der Waals surface area contributed by atoms with Gasteiger partial charge in [0, 0.05) is 36.5 Å². The number of carboxylic acid groups (broad SMARTS) is 1. The van der Waals surface area contributed by atoms with E-state index < -0.39 is 5.97 Å². The molecule has 1 aromatic rings. The fourth-order valence-corrected chi connectivity index (χ4v) is 2.29. The molecule has 0 atom stereocenters. The van der Waals surface area contributed by atoms with Crippen LogP contribution in [0.25, 0.3) is 0 Å². The van der Waals surface area contributed by atoms with Gasteiger partial charge >= 0.3 is 22.4 Å². The van der Waals surface area contributed by atoms with Gasteiger partial charge in [-0.05, 0) is 37.0 Å². The molecule has 0 N–H and O–H groups in total. The molecule has 0 aliphatic rings. The predicted octanol–water partition coefficient (Wildman–Crippen LogP) is 2.04. The van der Waals surface area contributed by atoms with Crippen molar-refractivity contribution in [3.05, 3.63) is 29.8 Å². The number of nitrogens with zero attached hydrogens (tertiary/aromatic N) is 1. The van der Waals surface area contributed by atoms with Crippen LogP contribution in [0.3, 0.4) is 0 Å². The van der Waals surface area contributed by atoms with Crippen molar-refractivity contribution in [2.75, 3.05) is 29.7 Å². The maximum Gasteiger partial charge on any atom is 1.00 e. The standard InChI is InChI=1S/C14H19Cl2NO2.Ag/c15-8-10-17(11-9-16)13-6-4-12(5-7-13)2-1-3-14(18)19;/h4-7H,1-3,8-11H2,(H,18,19);/q;+1/p-1. The van der Waals surface area contributed by atoms with E-state index in [4.69, 9.17) is 23.2 Å². The Hall–Kier alpha value is -0.190. The summed E-state index contributed by atoms with van der Waals surface area (Å²) >= 11 is 11.5. The van der Waals surface area contributed by atoms with E-state index >= 15 is 0 Å². The Morgan fingerprint density at radius 2 is 1.65 bits per heavy atom. The Bertz CT molecular complexity index is 381. The van der Waals surface area contributed by atoms with Gasteiger partial charge < -0.3 is 14.8 Å². The first-order valence-corrected chi connectivity index (χ1v) is 7.40. The number of halogens is 2. The minimum absolute atomic E-state index is 0. The van der Waals surface area contributed by atoms with Crippen LogP contribution in [0.15, 0.2) is 24.3 Å². The first kappa shape index (κ1) is 19.8. The number of rotatable bonds is 9. The summed E-state index contributed by atoms with van der Waals surface area (Å²) in [5, 5.41) is 10.3. The average Bonchev–Trinajstić information content (AvgIpc) is 2.39. The first-order valence-electron chi connectivity index (χ1n) is 6.33. The molecule has 0 fully saturated rings. The van der Waals surface area contributed by atoms with Gasteiger partial charge in [-0.3, -0.25) is 0 Å². The third kappa shape index (κ3) is 7.55. The van der Waals surface area contributed by atoms with Crippen LogP contribution in [0.5, 0.6) is 0 Å². The van der Waals surface area contributed by atoms with E-state index in [2.05, 4.69) is 4.90 Å². The zero-order chi connectivity index (χ0) is 14.1. The van der Waals surface area contributed by atoms with Crippen LogP contribution < -0.4 is 10.0 Å². The van der Waals surface area contributed by atoms with Crippen molar-refractivity contribution in [3.63, 3.8) is 0 Å². The summed E-state index contributed by atoms with van der Waals surface area (Å²) in [7, 11) is 0. The maximum absolute atomic E-state index is 10.3. The largest absolute Gasteiger partial charge is 1.00 e. The summed E-state index contributed by atoms with van der Waals surface area (Å²) in [6.45, 7) is 1.52. The van der Waals surface area contributed by atoms with E-state index in [1.807, 2.05) is 24.3 Å². The van der Waals surface area contributed by atoms with Gasteiger partial charge in [-0.15, -0.1) is 23.2 Å². The first-order chi connectivity index (χ1) is 9.17. The van der Waals surface area contributed by atoms with Crippen LogP contribution in [-0.2, 0) is 33.6 Å². The average molecular weight is 411 g/mol. The number of carbonyl (C=O) groups is 1. The molecular weight excluding hydrogens is 393 g/mol. The normalized spacial score (nSPS) is 9.90. The van der Waals surface area contributed by atoms with Crippen molar-refractivity contribution in [3.8, 4) is 0 Å². The summed E-state index contributed by atoms with van der Waals surface area (Å²) in [5.74, 6) is 0.126. The van der Waals surface area contributed by atoms with Crippen molar-refractivity contribution >= 4 is 34.9 Å². The van der Waals surface area contributed by atoms with Gasteiger partial charge in [-0.1, -0.05) is 12.1 Å². The molecule has 0 radical (unpaired) electrons. The molecular formula is C14H18AgCl2NO2. The number of anilines is 1. The third-order valence-electron chi connectivity index (χ3n) is 2.86. The van der Waals surface area contributed by atoms with Crippen molar-refractivity contribution in [1.82, 2.24) is 0 Å². The molecule has 1 aromatic carbocycles. The second kappa shape index (κ2) is 11.5. The second-order valence-electron chi connectivity index (χ2n) is 4.26. The molecule has 20 heavy (non-hydrogen) atoms. The Kier molecular flexibility index (Phi) is 11.4. The summed E-state index contributed by atoms with van der Waals surface area (Å²) in [4.78, 5) is 12.5. The van der Waals surface area contributed by atoms with Crippen molar-refractivity contribution in [2.24, 2.45) is 0 Å². The molecule has 0 unspecified atom stereocenters. The van der Waals surface area contributed by atoms with Crippen molar-refractivity contribution < 1.29 is 32.3 Å². The molecule has 0 spiro atoms. The van der Waals surface area contributed by atoms with E-state index in [0.29, 0.717) is 18.2 Å². The summed E-state index contributed by atoms with van der Waals surface area (Å²) < 4.78 is 0. The van der Waals surface area contributed by atoms with E-state index in [1.165, 1.54) is 0 Å². The number of hydrogen-bond donors (Lipinski definition) is 0. The number of hydrogen-bond acceptors (Lipinski definition) is 3. The van der Waals surface area contributed by atoms with Gasteiger partial charge in [-0.25, -0.2) is 0 Å². The quantitative estimate of drug-likeness (QED) is 0.462. The van der Waals surface area contributed by atoms with Gasteiger partial charge in [0.25, 0.3) is 0 Å². The summed E-state index contributed by atoms with van der Waals surface area (Å²) in [6, 6.07) is 8.07. The molecule has 6 heteroatoms. The van der Waals surface area contributed by atoms with Crippen molar-refractivity contribution in [2.45, 2.75) is 19.3 Å². The van der Waals surface area contributed by atoms with E-state index in [9.17, 15) is 9.90 Å². The number of alkyl halides is 2. The molecule has 0 heterocycles. The zero-order valence-corrected chi connectivity index (χ0v) is 14.1. The fraction of sp³-hybridized carbons (Fsp3) is 0.500. The number of aliphatic carboxylic acids is 1. The predicted molar refractivity (Wildman–Crippen MR) is 78.0 cm³/mol. The molecule has 0 bridgehead atoms. The van der Waals surface area contributed by atoms with Gasteiger partial charge in [0.2, 0.25) is 0 Å². The molecule has 116 valence electrons. The topological polar surface area (TPSA) is 43.4 Å². The Morgan fingerprint density at radius 3 is 2.10 bits per heavy atom. The van der Waals surface area contributed by atoms with Crippen LogP contribution in [0.4, 0.5) is 5.69 Å². The Balaban J connectivity index is 0.00000361. The molecule has 1 rings (SSSR count). The van der Waals surface area contributed by atoms with Crippen molar-refractivity contribution in [1.29, 1.82) is 0 Å². The van der Waals surface area contributed by atoms with Crippen LogP contribution >= 0.6 is 23.2 Å². The van der Waals surface area contributed by atoms with Crippen LogP contribution in [0.2, 0.25) is 0 Å². The number of benzene rings is 1. The summed E-state index contributed by atoms with van der Waals surface area (Å²) in [5.41, 5.74) is 2.21. The molecule has 3 nitrogen and oxygen atoms in total. The maximum atomic E-state index is 10.3.